The van der Waals surface area contributed by atoms with Gasteiger partial charge in [-0.2, -0.15) is 9.94 Å². The quantitative estimate of drug-likeness (QED) is 0.508. The summed E-state index contributed by atoms with van der Waals surface area (Å²) in [6.45, 7) is -0.0355. The molecule has 0 atom stereocenters. The average Bonchev–Trinajstić information content (AvgIpc) is 2.48. The molecular weight excluding hydrogens is 176 g/mol. The molecule has 0 bridgehead atoms. The Balaban J connectivity index is 3.06. The van der Waals surface area contributed by atoms with E-state index in [1.807, 2.05) is 0 Å². The Morgan fingerprint density at radius 1 is 1.85 bits per heavy atom. The molecule has 0 spiro atoms. The molecule has 1 aromatic heterocycles. The van der Waals surface area contributed by atoms with E-state index in [0.717, 1.165) is 4.68 Å². The molecule has 1 N–H and O–H groups in total. The molecule has 0 aromatic carbocycles. The third-order valence-corrected chi connectivity index (χ3v) is 1.36. The summed E-state index contributed by atoms with van der Waals surface area (Å²) in [5.41, 5.74) is -0.0987. The largest absolute Gasteiger partial charge is 0.407 e. The highest BCUT2D eigenvalue weighted by Gasteiger charge is 2.19. The van der Waals surface area contributed by atoms with Crippen LogP contribution in [-0.4, -0.2) is 26.4 Å². The van der Waals surface area contributed by atoms with Gasteiger partial charge in [-0.05, 0) is 4.92 Å². The smallest absolute Gasteiger partial charge is 0.394 e. The van der Waals surface area contributed by atoms with E-state index in [1.165, 1.54) is 6.20 Å². The van der Waals surface area contributed by atoms with E-state index in [1.54, 1.807) is 6.07 Å². The Labute approximate surface area is 73.0 Å². The van der Waals surface area contributed by atoms with Crippen LogP contribution in [0.4, 0.5) is 5.82 Å². The van der Waals surface area contributed by atoms with Gasteiger partial charge in [0.25, 0.3) is 0 Å². The van der Waals surface area contributed by atoms with Crippen molar-refractivity contribution in [1.29, 1.82) is 5.26 Å². The minimum atomic E-state index is -0.730. The summed E-state index contributed by atoms with van der Waals surface area (Å²) in [5.74, 6) is -0.476. The predicted octanol–water partition coefficient (Wildman–Crippen LogP) is -0.345. The topological polar surface area (TPSA) is 105 Å². The number of aliphatic hydroxyl groups excluding tert-OH is 1. The second-order valence-corrected chi connectivity index (χ2v) is 2.22. The first-order valence-electron chi connectivity index (χ1n) is 3.42. The van der Waals surface area contributed by atoms with Gasteiger partial charge in [-0.3, -0.25) is 0 Å². The van der Waals surface area contributed by atoms with Crippen molar-refractivity contribution in [3.63, 3.8) is 0 Å². The molecule has 1 heterocycles. The van der Waals surface area contributed by atoms with Gasteiger partial charge in [0.15, 0.2) is 5.56 Å². The molecule has 0 aliphatic carbocycles. The normalized spacial score (nSPS) is 9.54. The van der Waals surface area contributed by atoms with Crippen LogP contribution in [0.15, 0.2) is 6.20 Å². The van der Waals surface area contributed by atoms with E-state index >= 15 is 0 Å². The van der Waals surface area contributed by atoms with Crippen LogP contribution in [0.25, 0.3) is 0 Å². The van der Waals surface area contributed by atoms with Crippen LogP contribution in [0, 0.1) is 21.4 Å². The zero-order valence-electron chi connectivity index (χ0n) is 6.54. The van der Waals surface area contributed by atoms with Crippen LogP contribution >= 0.6 is 0 Å². The molecule has 0 radical (unpaired) electrons. The summed E-state index contributed by atoms with van der Waals surface area (Å²) in [6, 6.07) is 1.65. The zero-order chi connectivity index (χ0) is 9.84. The lowest BCUT2D eigenvalue weighted by atomic mass is 10.4. The lowest BCUT2D eigenvalue weighted by Gasteiger charge is -1.87. The Bertz CT molecular complexity index is 364. The van der Waals surface area contributed by atoms with Crippen molar-refractivity contribution in [2.45, 2.75) is 6.54 Å². The highest BCUT2D eigenvalue weighted by Crippen LogP contribution is 2.13. The average molecular weight is 182 g/mol. The predicted molar refractivity (Wildman–Crippen MR) is 40.7 cm³/mol. The Morgan fingerprint density at radius 3 is 2.92 bits per heavy atom. The fraction of sp³-hybridized carbons (Fsp3) is 0.333. The van der Waals surface area contributed by atoms with Gasteiger partial charge >= 0.3 is 5.82 Å². The molecule has 1 aromatic rings. The number of hydrogen-bond acceptors (Lipinski definition) is 5. The first-order valence-corrected chi connectivity index (χ1v) is 3.42. The molecule has 0 saturated carbocycles. The number of rotatable bonds is 3. The Kier molecular flexibility index (Phi) is 2.56. The van der Waals surface area contributed by atoms with E-state index < -0.39 is 10.7 Å². The Hall–Kier alpha value is -1.94. The third-order valence-electron chi connectivity index (χ3n) is 1.36. The van der Waals surface area contributed by atoms with Gasteiger partial charge in [-0.1, -0.05) is 0 Å². The molecule has 1 rings (SSSR count). The first-order chi connectivity index (χ1) is 6.19. The fourth-order valence-corrected chi connectivity index (χ4v) is 0.842. The number of hydrogen-bond donors (Lipinski definition) is 1. The first kappa shape index (κ1) is 9.15. The molecule has 0 unspecified atom stereocenters. The molecule has 7 heteroatoms. The molecule has 0 aliphatic rings. The van der Waals surface area contributed by atoms with Crippen molar-refractivity contribution in [2.75, 3.05) is 6.61 Å². The molecule has 0 aliphatic heterocycles. The number of nitrogens with zero attached hydrogens (tertiary/aromatic N) is 4. The van der Waals surface area contributed by atoms with Crippen molar-refractivity contribution >= 4 is 5.82 Å². The Morgan fingerprint density at radius 2 is 2.54 bits per heavy atom. The molecule has 7 nitrogen and oxygen atoms in total. The van der Waals surface area contributed by atoms with Gasteiger partial charge in [-0.25, -0.2) is 0 Å². The number of nitriles is 1. The van der Waals surface area contributed by atoms with Crippen LogP contribution in [0.2, 0.25) is 0 Å². The van der Waals surface area contributed by atoms with Crippen molar-refractivity contribution < 1.29 is 10.0 Å². The van der Waals surface area contributed by atoms with Crippen LogP contribution < -0.4 is 0 Å². The number of aliphatic hydroxyl groups is 1. The van der Waals surface area contributed by atoms with Gasteiger partial charge < -0.3 is 15.2 Å². The SMILES string of the molecule is N#Cc1cn(CCO)nc1[N+](=O)[O-]. The molecule has 0 amide bonds. The number of aromatic nitrogens is 2. The van der Waals surface area contributed by atoms with Crippen molar-refractivity contribution in [3.05, 3.63) is 21.9 Å². The van der Waals surface area contributed by atoms with Crippen molar-refractivity contribution in [1.82, 2.24) is 9.78 Å². The van der Waals surface area contributed by atoms with E-state index in [9.17, 15) is 10.1 Å². The maximum absolute atomic E-state index is 10.3. The summed E-state index contributed by atoms with van der Waals surface area (Å²) in [7, 11) is 0. The third kappa shape index (κ3) is 1.80. The molecular formula is C6H6N4O3. The fourth-order valence-electron chi connectivity index (χ4n) is 0.842. The van der Waals surface area contributed by atoms with E-state index in [4.69, 9.17) is 10.4 Å². The summed E-state index contributed by atoms with van der Waals surface area (Å²) >= 11 is 0. The maximum atomic E-state index is 10.3. The molecule has 13 heavy (non-hydrogen) atoms. The standard InChI is InChI=1S/C6H6N4O3/c7-3-5-4-9(1-2-11)8-6(5)10(12)13/h4,11H,1-2H2. The molecule has 0 fully saturated rings. The molecule has 0 saturated heterocycles. The summed E-state index contributed by atoms with van der Waals surface area (Å²) in [6.07, 6.45) is 1.23. The second kappa shape index (κ2) is 3.64. The van der Waals surface area contributed by atoms with Crippen LogP contribution in [0.5, 0.6) is 0 Å². The van der Waals surface area contributed by atoms with Crippen LogP contribution in [-0.2, 0) is 6.54 Å². The monoisotopic (exact) mass is 182 g/mol. The van der Waals surface area contributed by atoms with Gasteiger partial charge in [0.1, 0.15) is 6.07 Å². The van der Waals surface area contributed by atoms with E-state index in [0.29, 0.717) is 0 Å². The highest BCUT2D eigenvalue weighted by molar-refractivity contribution is 5.40. The second-order valence-electron chi connectivity index (χ2n) is 2.22. The van der Waals surface area contributed by atoms with Crippen LogP contribution in [0.1, 0.15) is 5.56 Å². The summed E-state index contributed by atoms with van der Waals surface area (Å²) < 4.78 is 1.16. The summed E-state index contributed by atoms with van der Waals surface area (Å²) in [5, 5.41) is 30.8. The van der Waals surface area contributed by atoms with E-state index in [-0.39, 0.29) is 18.7 Å². The van der Waals surface area contributed by atoms with Crippen molar-refractivity contribution in [3.8, 4) is 6.07 Å². The maximum Gasteiger partial charge on any atom is 0.407 e. The minimum absolute atomic E-state index is 0.0987. The van der Waals surface area contributed by atoms with Gasteiger partial charge in [0, 0.05) is 0 Å². The van der Waals surface area contributed by atoms with Gasteiger partial charge in [-0.15, -0.1) is 0 Å². The van der Waals surface area contributed by atoms with Gasteiger partial charge in [0.05, 0.1) is 24.4 Å². The lowest BCUT2D eigenvalue weighted by molar-refractivity contribution is -0.390. The molecule has 68 valence electrons. The summed E-state index contributed by atoms with van der Waals surface area (Å²) in [4.78, 5) is 9.58. The lowest BCUT2D eigenvalue weighted by Crippen LogP contribution is -2.02. The van der Waals surface area contributed by atoms with Crippen molar-refractivity contribution in [2.24, 2.45) is 0 Å². The zero-order valence-corrected chi connectivity index (χ0v) is 6.54. The van der Waals surface area contributed by atoms with Crippen LogP contribution in [0.3, 0.4) is 0 Å². The minimum Gasteiger partial charge on any atom is -0.394 e. The number of nitro groups is 1. The highest BCUT2D eigenvalue weighted by atomic mass is 16.6. The van der Waals surface area contributed by atoms with Gasteiger partial charge in [0.2, 0.25) is 0 Å². The van der Waals surface area contributed by atoms with E-state index in [2.05, 4.69) is 5.10 Å².